The van der Waals surface area contributed by atoms with Gasteiger partial charge in [-0.15, -0.1) is 0 Å². The Kier molecular flexibility index (Phi) is 2.61. The number of aryl methyl sites for hydroxylation is 1. The Balaban J connectivity index is 3.11. The maximum Gasteiger partial charge on any atom is 0.328 e. The van der Waals surface area contributed by atoms with Gasteiger partial charge in [0.15, 0.2) is 0 Å². The van der Waals surface area contributed by atoms with Crippen molar-refractivity contribution < 1.29 is 14.8 Å². The van der Waals surface area contributed by atoms with Crippen LogP contribution in [0.2, 0.25) is 0 Å². The van der Waals surface area contributed by atoms with E-state index in [1.165, 1.54) is 11.7 Å². The monoisotopic (exact) mass is 197 g/mol. The molecule has 0 amide bonds. The van der Waals surface area contributed by atoms with E-state index in [1.807, 2.05) is 0 Å². The van der Waals surface area contributed by atoms with E-state index in [2.05, 4.69) is 5.10 Å². The van der Waals surface area contributed by atoms with E-state index in [0.717, 1.165) is 18.3 Å². The highest BCUT2D eigenvalue weighted by Crippen LogP contribution is 2.17. The number of nitrogens with zero attached hydrogens (tertiary/aromatic N) is 3. The van der Waals surface area contributed by atoms with Gasteiger partial charge in [0.25, 0.3) is 0 Å². The van der Waals surface area contributed by atoms with Crippen LogP contribution in [0.5, 0.6) is 0 Å². The lowest BCUT2D eigenvalue weighted by atomic mass is 10.3. The third-order valence-corrected chi connectivity index (χ3v) is 1.54. The molecule has 1 heterocycles. The molecule has 1 aromatic heterocycles. The van der Waals surface area contributed by atoms with E-state index in [-0.39, 0.29) is 11.4 Å². The van der Waals surface area contributed by atoms with Crippen LogP contribution in [0.4, 0.5) is 5.69 Å². The van der Waals surface area contributed by atoms with Crippen molar-refractivity contribution in [1.82, 2.24) is 9.78 Å². The first kappa shape index (κ1) is 9.90. The molecule has 0 saturated heterocycles. The average molecular weight is 197 g/mol. The molecular formula is C7H7N3O4. The van der Waals surface area contributed by atoms with Crippen molar-refractivity contribution in [1.29, 1.82) is 0 Å². The Morgan fingerprint density at radius 1 is 1.79 bits per heavy atom. The van der Waals surface area contributed by atoms with Crippen LogP contribution in [0.3, 0.4) is 0 Å². The fourth-order valence-corrected chi connectivity index (χ4v) is 0.920. The summed E-state index contributed by atoms with van der Waals surface area (Å²) >= 11 is 0. The number of aromatic nitrogens is 2. The molecule has 0 unspecified atom stereocenters. The number of nitro groups is 1. The van der Waals surface area contributed by atoms with Crippen molar-refractivity contribution in [2.24, 2.45) is 7.05 Å². The predicted molar refractivity (Wildman–Crippen MR) is 46.5 cm³/mol. The predicted octanol–water partition coefficient (Wildman–Crippen LogP) is 0.426. The Hall–Kier alpha value is -2.18. The molecular weight excluding hydrogens is 190 g/mol. The Labute approximate surface area is 78.4 Å². The van der Waals surface area contributed by atoms with Gasteiger partial charge in [-0.1, -0.05) is 0 Å². The maximum absolute atomic E-state index is 10.5. The molecule has 7 nitrogen and oxygen atoms in total. The minimum atomic E-state index is -1.17. The summed E-state index contributed by atoms with van der Waals surface area (Å²) in [5.41, 5.74) is -0.0672. The first-order valence-corrected chi connectivity index (χ1v) is 3.59. The fraction of sp³-hybridized carbons (Fsp3) is 0.143. The molecule has 0 radical (unpaired) electrons. The van der Waals surface area contributed by atoms with Gasteiger partial charge in [-0.3, -0.25) is 14.8 Å². The number of carbonyl (C=O) groups is 1. The van der Waals surface area contributed by atoms with Gasteiger partial charge in [-0.25, -0.2) is 4.79 Å². The second-order valence-electron chi connectivity index (χ2n) is 2.47. The van der Waals surface area contributed by atoms with E-state index >= 15 is 0 Å². The van der Waals surface area contributed by atoms with Gasteiger partial charge < -0.3 is 5.11 Å². The third-order valence-electron chi connectivity index (χ3n) is 1.54. The van der Waals surface area contributed by atoms with E-state index in [9.17, 15) is 14.9 Å². The molecule has 0 saturated carbocycles. The largest absolute Gasteiger partial charge is 0.478 e. The minimum absolute atomic E-state index is 0.150. The topological polar surface area (TPSA) is 98.3 Å². The summed E-state index contributed by atoms with van der Waals surface area (Å²) in [6, 6.07) is 0. The van der Waals surface area contributed by atoms with Gasteiger partial charge in [-0.05, 0) is 6.08 Å². The normalized spacial score (nSPS) is 10.6. The molecule has 0 aromatic carbocycles. The lowest BCUT2D eigenvalue weighted by molar-refractivity contribution is -0.385. The van der Waals surface area contributed by atoms with Crippen LogP contribution < -0.4 is 0 Å². The third kappa shape index (κ3) is 1.94. The second-order valence-corrected chi connectivity index (χ2v) is 2.47. The van der Waals surface area contributed by atoms with Gasteiger partial charge in [0.2, 0.25) is 0 Å². The highest BCUT2D eigenvalue weighted by molar-refractivity contribution is 5.85. The van der Waals surface area contributed by atoms with Crippen LogP contribution in [0.15, 0.2) is 12.3 Å². The zero-order chi connectivity index (χ0) is 10.7. The molecule has 0 aliphatic heterocycles. The average Bonchev–Trinajstić information content (AvgIpc) is 2.43. The summed E-state index contributed by atoms with van der Waals surface area (Å²) in [6.07, 6.45) is 3.03. The summed E-state index contributed by atoms with van der Waals surface area (Å²) < 4.78 is 1.23. The molecule has 0 aliphatic carbocycles. The minimum Gasteiger partial charge on any atom is -0.478 e. The SMILES string of the molecule is Cn1ncc([N+](=O)[O-])c1/C=C/C(=O)O. The summed E-state index contributed by atoms with van der Waals surface area (Å²) in [5.74, 6) is -1.17. The molecule has 7 heteroatoms. The summed E-state index contributed by atoms with van der Waals surface area (Å²) in [6.45, 7) is 0. The molecule has 0 fully saturated rings. The van der Waals surface area contributed by atoms with E-state index in [4.69, 9.17) is 5.11 Å². The number of rotatable bonds is 3. The van der Waals surface area contributed by atoms with Crippen LogP contribution in [0.1, 0.15) is 5.69 Å². The van der Waals surface area contributed by atoms with Gasteiger partial charge in [-0.2, -0.15) is 5.10 Å². The van der Waals surface area contributed by atoms with Crippen LogP contribution in [-0.2, 0) is 11.8 Å². The van der Waals surface area contributed by atoms with Gasteiger partial charge >= 0.3 is 11.7 Å². The molecule has 1 N–H and O–H groups in total. The van der Waals surface area contributed by atoms with Gasteiger partial charge in [0.1, 0.15) is 11.9 Å². The fourth-order valence-electron chi connectivity index (χ4n) is 0.920. The van der Waals surface area contributed by atoms with E-state index < -0.39 is 10.9 Å². The smallest absolute Gasteiger partial charge is 0.328 e. The van der Waals surface area contributed by atoms with Crippen LogP contribution >= 0.6 is 0 Å². The first-order valence-electron chi connectivity index (χ1n) is 3.59. The maximum atomic E-state index is 10.5. The highest BCUT2D eigenvalue weighted by Gasteiger charge is 2.16. The molecule has 74 valence electrons. The summed E-state index contributed by atoms with van der Waals surface area (Å²) in [7, 11) is 1.49. The van der Waals surface area contributed by atoms with E-state index in [0.29, 0.717) is 0 Å². The Morgan fingerprint density at radius 2 is 2.43 bits per heavy atom. The molecule has 0 spiro atoms. The number of hydrogen-bond acceptors (Lipinski definition) is 4. The number of carboxylic acid groups (broad SMARTS) is 1. The summed E-state index contributed by atoms with van der Waals surface area (Å²) in [5, 5.41) is 22.4. The Bertz CT molecular complexity index is 407. The number of carboxylic acids is 1. The molecule has 1 aromatic rings. The number of aliphatic carboxylic acids is 1. The van der Waals surface area contributed by atoms with Crippen molar-refractivity contribution in [3.8, 4) is 0 Å². The first-order chi connectivity index (χ1) is 6.52. The van der Waals surface area contributed by atoms with Crippen molar-refractivity contribution in [3.05, 3.63) is 28.1 Å². The zero-order valence-electron chi connectivity index (χ0n) is 7.25. The lowest BCUT2D eigenvalue weighted by Crippen LogP contribution is -1.96. The lowest BCUT2D eigenvalue weighted by Gasteiger charge is -1.92. The molecule has 14 heavy (non-hydrogen) atoms. The van der Waals surface area contributed by atoms with Crippen molar-refractivity contribution in [3.63, 3.8) is 0 Å². The van der Waals surface area contributed by atoms with Crippen molar-refractivity contribution in [2.75, 3.05) is 0 Å². The van der Waals surface area contributed by atoms with Gasteiger partial charge in [0.05, 0.1) is 4.92 Å². The standard InChI is InChI=1S/C7H7N3O4/c1-9-5(2-3-7(11)12)6(4-8-9)10(13)14/h2-4H,1H3,(H,11,12)/b3-2+. The van der Waals surface area contributed by atoms with Crippen molar-refractivity contribution >= 4 is 17.7 Å². The van der Waals surface area contributed by atoms with Gasteiger partial charge in [0, 0.05) is 13.1 Å². The summed E-state index contributed by atoms with van der Waals surface area (Å²) in [4.78, 5) is 20.0. The number of hydrogen-bond donors (Lipinski definition) is 1. The molecule has 0 atom stereocenters. The quantitative estimate of drug-likeness (QED) is 0.430. The van der Waals surface area contributed by atoms with Crippen LogP contribution in [-0.4, -0.2) is 25.8 Å². The molecule has 1 rings (SSSR count). The second kappa shape index (κ2) is 3.69. The molecule has 0 bridgehead atoms. The van der Waals surface area contributed by atoms with Crippen LogP contribution in [0, 0.1) is 10.1 Å². The highest BCUT2D eigenvalue weighted by atomic mass is 16.6. The van der Waals surface area contributed by atoms with Crippen molar-refractivity contribution in [2.45, 2.75) is 0 Å². The Morgan fingerprint density at radius 3 is 2.93 bits per heavy atom. The van der Waals surface area contributed by atoms with E-state index in [1.54, 1.807) is 0 Å². The zero-order valence-corrected chi connectivity index (χ0v) is 7.25. The van der Waals surface area contributed by atoms with Crippen LogP contribution in [0.25, 0.3) is 6.08 Å². The molecule has 0 aliphatic rings.